The molecule has 82 valence electrons. The molecule has 0 saturated carbocycles. The van der Waals surface area contributed by atoms with Crippen LogP contribution in [-0.2, 0) is 4.87 Å². The van der Waals surface area contributed by atoms with E-state index in [1.54, 1.807) is 0 Å². The van der Waals surface area contributed by atoms with E-state index in [4.69, 9.17) is 0 Å². The van der Waals surface area contributed by atoms with E-state index in [-0.39, 0.29) is 4.87 Å². The first-order chi connectivity index (χ1) is 7.03. The van der Waals surface area contributed by atoms with Crippen LogP contribution in [0.5, 0.6) is 0 Å². The maximum atomic E-state index is 3.61. The molecule has 1 atom stereocenters. The number of benzene rings is 1. The molecule has 1 aliphatic rings. The van der Waals surface area contributed by atoms with Gasteiger partial charge >= 0.3 is 0 Å². The largest absolute Gasteiger partial charge is 0.298 e. The Bertz CT molecular complexity index is 355. The first-order valence-electron chi connectivity index (χ1n) is 5.50. The minimum atomic E-state index is 0.127. The average molecular weight is 221 g/mol. The number of hydrogen-bond acceptors (Lipinski definition) is 2. The van der Waals surface area contributed by atoms with E-state index in [2.05, 4.69) is 45.1 Å². The molecular weight excluding hydrogens is 202 g/mol. The predicted molar refractivity (Wildman–Crippen MR) is 68.5 cm³/mol. The van der Waals surface area contributed by atoms with E-state index in [1.165, 1.54) is 28.0 Å². The van der Waals surface area contributed by atoms with Crippen LogP contribution in [0.15, 0.2) is 12.1 Å². The topological polar surface area (TPSA) is 12.0 Å². The highest BCUT2D eigenvalue weighted by Crippen LogP contribution is 2.40. The van der Waals surface area contributed by atoms with Crippen molar-refractivity contribution in [2.75, 3.05) is 12.3 Å². The van der Waals surface area contributed by atoms with Crippen LogP contribution in [0.3, 0.4) is 0 Å². The fraction of sp³-hybridized carbons (Fsp3) is 0.538. The zero-order valence-electron chi connectivity index (χ0n) is 9.98. The van der Waals surface area contributed by atoms with Gasteiger partial charge in [-0.2, -0.15) is 0 Å². The van der Waals surface area contributed by atoms with Crippen molar-refractivity contribution < 1.29 is 0 Å². The molecular formula is C13H19NS. The maximum absolute atomic E-state index is 3.61. The van der Waals surface area contributed by atoms with E-state index >= 15 is 0 Å². The van der Waals surface area contributed by atoms with Crippen molar-refractivity contribution in [1.29, 1.82) is 0 Å². The van der Waals surface area contributed by atoms with Gasteiger partial charge in [-0.15, -0.1) is 11.8 Å². The molecule has 0 unspecified atom stereocenters. The van der Waals surface area contributed by atoms with Gasteiger partial charge in [0, 0.05) is 12.3 Å². The smallest absolute Gasteiger partial charge is 0.0878 e. The van der Waals surface area contributed by atoms with Gasteiger partial charge in [0.1, 0.15) is 0 Å². The molecule has 15 heavy (non-hydrogen) atoms. The molecule has 0 spiro atoms. The Morgan fingerprint density at radius 3 is 2.27 bits per heavy atom. The van der Waals surface area contributed by atoms with Gasteiger partial charge in [-0.1, -0.05) is 17.7 Å². The summed E-state index contributed by atoms with van der Waals surface area (Å²) in [5, 5.41) is 3.61. The third-order valence-electron chi connectivity index (χ3n) is 3.11. The van der Waals surface area contributed by atoms with Crippen molar-refractivity contribution >= 4 is 11.8 Å². The fourth-order valence-corrected chi connectivity index (χ4v) is 3.97. The molecule has 0 aromatic heterocycles. The molecule has 2 rings (SSSR count). The fourth-order valence-electron chi connectivity index (χ4n) is 2.69. The van der Waals surface area contributed by atoms with Gasteiger partial charge in [0.05, 0.1) is 4.87 Å². The van der Waals surface area contributed by atoms with E-state index < -0.39 is 0 Å². The van der Waals surface area contributed by atoms with Crippen molar-refractivity contribution in [3.8, 4) is 0 Å². The summed E-state index contributed by atoms with van der Waals surface area (Å²) in [4.78, 5) is 0.127. The summed E-state index contributed by atoms with van der Waals surface area (Å²) in [6, 6.07) is 4.57. The van der Waals surface area contributed by atoms with Crippen molar-refractivity contribution in [1.82, 2.24) is 5.32 Å². The number of hydrogen-bond donors (Lipinski definition) is 1. The zero-order chi connectivity index (χ0) is 11.1. The van der Waals surface area contributed by atoms with Crippen LogP contribution in [0.2, 0.25) is 0 Å². The first kappa shape index (κ1) is 11.0. The van der Waals surface area contributed by atoms with E-state index in [1.807, 2.05) is 11.8 Å². The quantitative estimate of drug-likeness (QED) is 0.782. The summed E-state index contributed by atoms with van der Waals surface area (Å²) in [7, 11) is 0. The van der Waals surface area contributed by atoms with Crippen molar-refractivity contribution in [3.05, 3.63) is 34.4 Å². The predicted octanol–water partition coefficient (Wildman–Crippen LogP) is 3.12. The summed E-state index contributed by atoms with van der Waals surface area (Å²) in [5.41, 5.74) is 5.67. The van der Waals surface area contributed by atoms with Crippen molar-refractivity contribution in [3.63, 3.8) is 0 Å². The minimum absolute atomic E-state index is 0.127. The second kappa shape index (κ2) is 3.84. The van der Waals surface area contributed by atoms with Crippen LogP contribution in [0.25, 0.3) is 0 Å². The van der Waals surface area contributed by atoms with Crippen LogP contribution in [0.4, 0.5) is 0 Å². The molecule has 0 amide bonds. The monoisotopic (exact) mass is 221 g/mol. The number of nitrogens with one attached hydrogen (secondary N) is 1. The Labute approximate surface area is 96.7 Å². The molecule has 1 N–H and O–H groups in total. The molecule has 0 radical (unpaired) electrons. The molecule has 0 aliphatic carbocycles. The highest BCUT2D eigenvalue weighted by molar-refractivity contribution is 8.00. The van der Waals surface area contributed by atoms with Crippen LogP contribution < -0.4 is 5.32 Å². The molecule has 1 saturated heterocycles. The lowest BCUT2D eigenvalue weighted by atomic mass is 9.94. The minimum Gasteiger partial charge on any atom is -0.298 e. The second-order valence-electron chi connectivity index (χ2n) is 4.58. The van der Waals surface area contributed by atoms with Gasteiger partial charge in [0.2, 0.25) is 0 Å². The number of thioether (sulfide) groups is 1. The normalized spacial score (nSPS) is 25.9. The SMILES string of the molecule is Cc1cc(C)c([C@@]2(C)NCCS2)c(C)c1. The Balaban J connectivity index is 2.52. The third kappa shape index (κ3) is 1.93. The summed E-state index contributed by atoms with van der Waals surface area (Å²) in [6.45, 7) is 10.0. The Morgan fingerprint density at radius 2 is 1.80 bits per heavy atom. The van der Waals surface area contributed by atoms with Crippen LogP contribution in [0.1, 0.15) is 29.2 Å². The van der Waals surface area contributed by atoms with Crippen LogP contribution in [-0.4, -0.2) is 12.3 Å². The van der Waals surface area contributed by atoms with Crippen molar-refractivity contribution in [2.45, 2.75) is 32.6 Å². The van der Waals surface area contributed by atoms with E-state index in [0.717, 1.165) is 6.54 Å². The highest BCUT2D eigenvalue weighted by atomic mass is 32.2. The molecule has 0 bridgehead atoms. The Morgan fingerprint density at radius 1 is 1.20 bits per heavy atom. The van der Waals surface area contributed by atoms with Gasteiger partial charge in [0.25, 0.3) is 0 Å². The third-order valence-corrected chi connectivity index (χ3v) is 4.44. The Hall–Kier alpha value is -0.470. The molecule has 1 nitrogen and oxygen atoms in total. The van der Waals surface area contributed by atoms with Gasteiger partial charge in [-0.3, -0.25) is 5.32 Å². The highest BCUT2D eigenvalue weighted by Gasteiger charge is 2.33. The van der Waals surface area contributed by atoms with Gasteiger partial charge in [-0.05, 0) is 44.4 Å². The van der Waals surface area contributed by atoms with Gasteiger partial charge < -0.3 is 0 Å². The standard InChI is InChI=1S/C13H19NS/c1-9-7-10(2)12(11(3)8-9)13(4)14-5-6-15-13/h7-8,14H,5-6H2,1-4H3/t13-/m0/s1. The molecule has 1 aliphatic heterocycles. The molecule has 1 heterocycles. The lowest BCUT2D eigenvalue weighted by molar-refractivity contribution is 0.568. The van der Waals surface area contributed by atoms with Crippen molar-refractivity contribution in [2.24, 2.45) is 0 Å². The van der Waals surface area contributed by atoms with E-state index in [9.17, 15) is 0 Å². The van der Waals surface area contributed by atoms with Gasteiger partial charge in [0.15, 0.2) is 0 Å². The lowest BCUT2D eigenvalue weighted by Crippen LogP contribution is -2.32. The summed E-state index contributed by atoms with van der Waals surface area (Å²) >= 11 is 2.02. The zero-order valence-corrected chi connectivity index (χ0v) is 10.8. The molecule has 1 aromatic rings. The maximum Gasteiger partial charge on any atom is 0.0878 e. The number of rotatable bonds is 1. The molecule has 1 fully saturated rings. The average Bonchev–Trinajstić information content (AvgIpc) is 2.50. The molecule has 2 heteroatoms. The lowest BCUT2D eigenvalue weighted by Gasteiger charge is -2.28. The summed E-state index contributed by atoms with van der Waals surface area (Å²) in [6.07, 6.45) is 0. The Kier molecular flexibility index (Phi) is 2.82. The molecule has 1 aromatic carbocycles. The summed E-state index contributed by atoms with van der Waals surface area (Å²) in [5.74, 6) is 1.21. The van der Waals surface area contributed by atoms with Crippen LogP contribution >= 0.6 is 11.8 Å². The summed E-state index contributed by atoms with van der Waals surface area (Å²) < 4.78 is 0. The number of aryl methyl sites for hydroxylation is 3. The van der Waals surface area contributed by atoms with Gasteiger partial charge in [-0.25, -0.2) is 0 Å². The first-order valence-corrected chi connectivity index (χ1v) is 6.49. The second-order valence-corrected chi connectivity index (χ2v) is 6.10. The van der Waals surface area contributed by atoms with E-state index in [0.29, 0.717) is 0 Å². The van der Waals surface area contributed by atoms with Crippen LogP contribution in [0, 0.1) is 20.8 Å².